The third-order valence-corrected chi connectivity index (χ3v) is 5.94. The molecule has 2 aliphatic carbocycles. The van der Waals surface area contributed by atoms with Crippen molar-refractivity contribution >= 4 is 23.6 Å². The van der Waals surface area contributed by atoms with Crippen molar-refractivity contribution in [1.82, 2.24) is 34.9 Å². The second-order valence-corrected chi connectivity index (χ2v) is 8.34. The number of carbonyl (C=O) groups is 1. The highest BCUT2D eigenvalue weighted by atomic mass is 16.3. The Balaban J connectivity index is 1.49. The third kappa shape index (κ3) is 4.07. The molecule has 1 amide bonds. The van der Waals surface area contributed by atoms with Crippen LogP contribution in [-0.4, -0.2) is 59.7 Å². The van der Waals surface area contributed by atoms with Gasteiger partial charge in [0.05, 0.1) is 12.2 Å². The highest BCUT2D eigenvalue weighted by molar-refractivity contribution is 5.78. The third-order valence-electron chi connectivity index (χ3n) is 5.94. The highest BCUT2D eigenvalue weighted by Gasteiger charge is 2.26. The molecule has 0 bridgehead atoms. The fourth-order valence-corrected chi connectivity index (χ4v) is 4.03. The molecule has 0 saturated heterocycles. The van der Waals surface area contributed by atoms with Gasteiger partial charge in [-0.1, -0.05) is 0 Å². The number of aromatic amines is 2. The molecule has 2 saturated carbocycles. The fourth-order valence-electron chi connectivity index (χ4n) is 4.03. The van der Waals surface area contributed by atoms with Crippen LogP contribution < -0.4 is 27.2 Å². The largest absolute Gasteiger partial charge is 0.493 e. The number of anilines is 1. The van der Waals surface area contributed by atoms with Gasteiger partial charge in [0.15, 0.2) is 5.65 Å². The molecule has 2 fully saturated rings. The quantitative estimate of drug-likeness (QED) is 0.346. The zero-order chi connectivity index (χ0) is 22.2. The summed E-state index contributed by atoms with van der Waals surface area (Å²) in [6.45, 7) is 0. The normalized spacial score (nSPS) is 22.4. The Morgan fingerprint density at radius 1 is 1.22 bits per heavy atom. The standard InChI is InChI=1S/C20H25N9O3/c1-21-16(30)10-2-4-12(5-3-10)23-18-26-15-11(8-14-17(31)27-20(32)25-14)9-22-29(15)19(28-18)24-13-6-7-13/h8-10,12-13,31H,2-7H2,1H3,(H,21,30)(H,23,24,28)(H2,25,27,32)/b11-8+. The average molecular weight is 439 g/mol. The number of carbonyl (C=O) groups excluding carboxylic acids is 1. The molecule has 12 heteroatoms. The number of nitrogens with one attached hydrogen (secondary N) is 4. The smallest absolute Gasteiger partial charge is 0.326 e. The molecule has 12 nitrogen and oxygen atoms in total. The Bertz CT molecular complexity index is 1330. The molecule has 32 heavy (non-hydrogen) atoms. The zero-order valence-corrected chi connectivity index (χ0v) is 17.6. The van der Waals surface area contributed by atoms with E-state index < -0.39 is 5.69 Å². The minimum atomic E-state index is -0.501. The molecule has 3 aromatic rings. The van der Waals surface area contributed by atoms with Crippen LogP contribution in [0.25, 0.3) is 11.7 Å². The molecule has 3 heterocycles. The maximum Gasteiger partial charge on any atom is 0.326 e. The summed E-state index contributed by atoms with van der Waals surface area (Å²) in [5.41, 5.74) is 0.720. The number of rotatable bonds is 5. The molecule has 168 valence electrons. The molecule has 0 radical (unpaired) electrons. The number of H-pyrrole nitrogens is 2. The van der Waals surface area contributed by atoms with E-state index >= 15 is 0 Å². The molecular formula is C20H25N9O3. The number of hydrogen-bond donors (Lipinski definition) is 5. The van der Waals surface area contributed by atoms with Gasteiger partial charge in [-0.25, -0.2) is 9.79 Å². The lowest BCUT2D eigenvalue weighted by Gasteiger charge is -2.28. The van der Waals surface area contributed by atoms with E-state index in [9.17, 15) is 14.7 Å². The molecule has 0 aromatic carbocycles. The monoisotopic (exact) mass is 439 g/mol. The van der Waals surface area contributed by atoms with E-state index in [0.717, 1.165) is 38.5 Å². The Morgan fingerprint density at radius 2 is 2.00 bits per heavy atom. The lowest BCUT2D eigenvalue weighted by molar-refractivity contribution is -0.125. The fraction of sp³-hybridized carbons (Fsp3) is 0.500. The van der Waals surface area contributed by atoms with Gasteiger partial charge in [-0.05, 0) is 44.6 Å². The van der Waals surface area contributed by atoms with Crippen molar-refractivity contribution in [1.29, 1.82) is 0 Å². The van der Waals surface area contributed by atoms with Crippen LogP contribution in [0.2, 0.25) is 0 Å². The van der Waals surface area contributed by atoms with Gasteiger partial charge in [-0.2, -0.15) is 19.6 Å². The summed E-state index contributed by atoms with van der Waals surface area (Å²) in [6.07, 6.45) is 8.56. The van der Waals surface area contributed by atoms with E-state index in [4.69, 9.17) is 0 Å². The van der Waals surface area contributed by atoms with E-state index in [-0.39, 0.29) is 35.5 Å². The van der Waals surface area contributed by atoms with Crippen molar-refractivity contribution in [3.8, 4) is 5.88 Å². The van der Waals surface area contributed by atoms with Crippen LogP contribution in [0.3, 0.4) is 0 Å². The van der Waals surface area contributed by atoms with Gasteiger partial charge in [0, 0.05) is 24.2 Å². The number of aromatic nitrogens is 6. The molecule has 3 aromatic heterocycles. The molecule has 0 spiro atoms. The SMILES string of the molecule is CNC(=O)C1CCC(Nc2nc(=NC3CC3)n3nc/c(=C\c4[nH]c(=O)[nH]c4O)c3n2)CC1. The number of imidazole rings is 1. The summed E-state index contributed by atoms with van der Waals surface area (Å²) in [5.74, 6) is 0.339. The first-order valence-electron chi connectivity index (χ1n) is 10.8. The van der Waals surface area contributed by atoms with Crippen molar-refractivity contribution < 1.29 is 9.90 Å². The first-order chi connectivity index (χ1) is 15.5. The summed E-state index contributed by atoms with van der Waals surface area (Å²) in [7, 11) is 1.67. The molecule has 0 atom stereocenters. The molecule has 0 unspecified atom stereocenters. The molecule has 2 aliphatic rings. The van der Waals surface area contributed by atoms with Crippen molar-refractivity contribution in [2.45, 2.75) is 50.6 Å². The van der Waals surface area contributed by atoms with Crippen molar-refractivity contribution in [3.63, 3.8) is 0 Å². The summed E-state index contributed by atoms with van der Waals surface area (Å²) < 4.78 is 1.57. The Kier molecular flexibility index (Phi) is 5.11. The predicted octanol–water partition coefficient (Wildman–Crippen LogP) is -0.826. The van der Waals surface area contributed by atoms with Crippen LogP contribution in [0.4, 0.5) is 5.95 Å². The average Bonchev–Trinajstić information content (AvgIpc) is 3.42. The molecule has 0 aliphatic heterocycles. The maximum atomic E-state index is 11.9. The van der Waals surface area contributed by atoms with Crippen LogP contribution in [0, 0.1) is 5.92 Å². The van der Waals surface area contributed by atoms with E-state index in [0.29, 0.717) is 22.4 Å². The van der Waals surface area contributed by atoms with Crippen molar-refractivity contribution in [3.05, 3.63) is 33.2 Å². The van der Waals surface area contributed by atoms with Gasteiger partial charge in [-0.3, -0.25) is 9.78 Å². The van der Waals surface area contributed by atoms with E-state index in [1.54, 1.807) is 23.8 Å². The number of hydrogen-bond acceptors (Lipinski definition) is 8. The second kappa shape index (κ2) is 8.09. The van der Waals surface area contributed by atoms with Crippen molar-refractivity contribution in [2.75, 3.05) is 12.4 Å². The minimum Gasteiger partial charge on any atom is -0.493 e. The number of amides is 1. The van der Waals surface area contributed by atoms with Gasteiger partial charge < -0.3 is 20.7 Å². The molecule has 5 rings (SSSR count). The van der Waals surface area contributed by atoms with Crippen LogP contribution >= 0.6 is 0 Å². The highest BCUT2D eigenvalue weighted by Crippen LogP contribution is 2.26. The minimum absolute atomic E-state index is 0.0501. The van der Waals surface area contributed by atoms with E-state index in [2.05, 4.69) is 40.7 Å². The Morgan fingerprint density at radius 3 is 2.66 bits per heavy atom. The number of aromatic hydroxyl groups is 1. The van der Waals surface area contributed by atoms with Crippen LogP contribution in [0.1, 0.15) is 44.2 Å². The summed E-state index contributed by atoms with van der Waals surface area (Å²) in [6, 6.07) is 0.401. The van der Waals surface area contributed by atoms with Gasteiger partial charge in [0.25, 0.3) is 5.62 Å². The summed E-state index contributed by atoms with van der Waals surface area (Å²) in [4.78, 5) is 42.1. The van der Waals surface area contributed by atoms with Gasteiger partial charge in [-0.15, -0.1) is 0 Å². The van der Waals surface area contributed by atoms with Crippen LogP contribution in [0.15, 0.2) is 16.0 Å². The first-order valence-corrected chi connectivity index (χ1v) is 10.8. The first kappa shape index (κ1) is 20.2. The number of nitrogens with zero attached hydrogens (tertiary/aromatic N) is 5. The van der Waals surface area contributed by atoms with Gasteiger partial charge >= 0.3 is 5.69 Å². The lowest BCUT2D eigenvalue weighted by atomic mass is 9.85. The van der Waals surface area contributed by atoms with E-state index in [1.165, 1.54) is 0 Å². The summed E-state index contributed by atoms with van der Waals surface area (Å²) in [5, 5.41) is 21.0. The molecular weight excluding hydrogens is 414 g/mol. The van der Waals surface area contributed by atoms with Crippen LogP contribution in [-0.2, 0) is 4.79 Å². The van der Waals surface area contributed by atoms with Crippen LogP contribution in [0.5, 0.6) is 5.88 Å². The topological polar surface area (TPSA) is 165 Å². The Hall–Kier alpha value is -3.70. The van der Waals surface area contributed by atoms with Gasteiger partial charge in [0.1, 0.15) is 5.69 Å². The number of fused-ring (bicyclic) bond motifs is 1. The maximum absolute atomic E-state index is 11.9. The summed E-state index contributed by atoms with van der Waals surface area (Å²) >= 11 is 0. The second-order valence-electron chi connectivity index (χ2n) is 8.34. The Labute approximate surface area is 181 Å². The zero-order valence-electron chi connectivity index (χ0n) is 17.6. The predicted molar refractivity (Wildman–Crippen MR) is 115 cm³/mol. The van der Waals surface area contributed by atoms with Gasteiger partial charge in [0.2, 0.25) is 17.7 Å². The van der Waals surface area contributed by atoms with Crippen molar-refractivity contribution in [2.24, 2.45) is 10.9 Å². The van der Waals surface area contributed by atoms with E-state index in [1.807, 2.05) is 0 Å². The molecule has 5 N–H and O–H groups in total. The lowest BCUT2D eigenvalue weighted by Crippen LogP contribution is -2.35.